The average molecular weight is 340 g/mol. The zero-order valence-corrected chi connectivity index (χ0v) is 11.8. The zero-order valence-electron chi connectivity index (χ0n) is 8.00. The fraction of sp³-hybridized carbons (Fsp3) is 0.667. The number of thiazole rings is 1. The van der Waals surface area contributed by atoms with Gasteiger partial charge in [0.1, 0.15) is 5.01 Å². The quantitative estimate of drug-likeness (QED) is 0.857. The Hall–Kier alpha value is 0.670. The summed E-state index contributed by atoms with van der Waals surface area (Å²) in [5, 5.41) is 4.79. The van der Waals surface area contributed by atoms with Gasteiger partial charge in [-0.1, -0.05) is 6.92 Å². The predicted molar refractivity (Wildman–Crippen MR) is 71.9 cm³/mol. The molecule has 1 aromatic heterocycles. The van der Waals surface area contributed by atoms with Crippen LogP contribution in [0.15, 0.2) is 6.20 Å². The highest BCUT2D eigenvalue weighted by Crippen LogP contribution is 2.24. The minimum absolute atomic E-state index is 0.682. The third kappa shape index (κ3) is 2.84. The molecule has 2 nitrogen and oxygen atoms in total. The fourth-order valence-corrected chi connectivity index (χ4v) is 4.44. The number of halogens is 1. The molecule has 2 heterocycles. The summed E-state index contributed by atoms with van der Waals surface area (Å²) in [6.45, 7) is 3.26. The standard InChI is InChI=1S/C9H13IN2S2/c1-6-4-13-5-7(6)11-3-9-12-2-8(10)14-9/h2,6-7,11H,3-5H2,1H3. The lowest BCUT2D eigenvalue weighted by Crippen LogP contribution is -2.33. The van der Waals surface area contributed by atoms with E-state index in [4.69, 9.17) is 0 Å². The first kappa shape index (κ1) is 11.2. The Balaban J connectivity index is 1.82. The molecule has 1 aliphatic heterocycles. The Morgan fingerprint density at radius 3 is 3.07 bits per heavy atom. The second-order valence-corrected chi connectivity index (χ2v) is 7.64. The van der Waals surface area contributed by atoms with E-state index in [0.29, 0.717) is 6.04 Å². The lowest BCUT2D eigenvalue weighted by Gasteiger charge is -2.14. The van der Waals surface area contributed by atoms with E-state index in [0.717, 1.165) is 12.5 Å². The second kappa shape index (κ2) is 5.14. The molecule has 1 fully saturated rings. The predicted octanol–water partition coefficient (Wildman–Crippen LogP) is 2.59. The smallest absolute Gasteiger partial charge is 0.107 e. The number of aromatic nitrogens is 1. The summed E-state index contributed by atoms with van der Waals surface area (Å²) in [5.74, 6) is 3.36. The Morgan fingerprint density at radius 1 is 1.64 bits per heavy atom. The largest absolute Gasteiger partial charge is 0.307 e. The van der Waals surface area contributed by atoms with Crippen molar-refractivity contribution in [3.63, 3.8) is 0 Å². The maximum Gasteiger partial charge on any atom is 0.107 e. The third-order valence-electron chi connectivity index (χ3n) is 2.41. The van der Waals surface area contributed by atoms with Gasteiger partial charge in [-0.05, 0) is 34.3 Å². The fourth-order valence-electron chi connectivity index (χ4n) is 1.51. The van der Waals surface area contributed by atoms with Gasteiger partial charge in [0.05, 0.1) is 9.08 Å². The second-order valence-electron chi connectivity index (χ2n) is 3.56. The van der Waals surface area contributed by atoms with Gasteiger partial charge in [-0.25, -0.2) is 4.98 Å². The van der Waals surface area contributed by atoms with Crippen LogP contribution in [0, 0.1) is 8.80 Å². The van der Waals surface area contributed by atoms with Gasteiger partial charge < -0.3 is 5.32 Å². The van der Waals surface area contributed by atoms with Crippen molar-refractivity contribution in [3.8, 4) is 0 Å². The molecule has 2 atom stereocenters. The van der Waals surface area contributed by atoms with Crippen LogP contribution >= 0.6 is 45.7 Å². The molecular weight excluding hydrogens is 327 g/mol. The number of rotatable bonds is 3. The van der Waals surface area contributed by atoms with Gasteiger partial charge in [-0.3, -0.25) is 0 Å². The minimum atomic E-state index is 0.682. The summed E-state index contributed by atoms with van der Waals surface area (Å²) >= 11 is 6.15. The Morgan fingerprint density at radius 2 is 2.50 bits per heavy atom. The maximum absolute atomic E-state index is 4.34. The van der Waals surface area contributed by atoms with E-state index in [-0.39, 0.29) is 0 Å². The van der Waals surface area contributed by atoms with Crippen molar-refractivity contribution in [3.05, 3.63) is 14.1 Å². The molecular formula is C9H13IN2S2. The lowest BCUT2D eigenvalue weighted by molar-refractivity contribution is 0.453. The van der Waals surface area contributed by atoms with Gasteiger partial charge in [0.2, 0.25) is 0 Å². The van der Waals surface area contributed by atoms with Gasteiger partial charge in [0.15, 0.2) is 0 Å². The van der Waals surface area contributed by atoms with Crippen molar-refractivity contribution in [2.24, 2.45) is 5.92 Å². The molecule has 0 saturated carbocycles. The first-order valence-electron chi connectivity index (χ1n) is 4.67. The van der Waals surface area contributed by atoms with Crippen molar-refractivity contribution >= 4 is 45.7 Å². The molecule has 1 N–H and O–H groups in total. The van der Waals surface area contributed by atoms with Gasteiger partial charge in [-0.15, -0.1) is 11.3 Å². The van der Waals surface area contributed by atoms with Crippen LogP contribution in [0.3, 0.4) is 0 Å². The summed E-state index contributed by atoms with van der Waals surface area (Å²) < 4.78 is 1.27. The monoisotopic (exact) mass is 340 g/mol. The molecule has 1 aliphatic rings. The molecule has 0 radical (unpaired) electrons. The highest BCUT2D eigenvalue weighted by atomic mass is 127. The number of nitrogens with zero attached hydrogens (tertiary/aromatic N) is 1. The van der Waals surface area contributed by atoms with Crippen LogP contribution in [0.1, 0.15) is 11.9 Å². The van der Waals surface area contributed by atoms with E-state index >= 15 is 0 Å². The summed E-state index contributed by atoms with van der Waals surface area (Å²) in [5.41, 5.74) is 0. The van der Waals surface area contributed by atoms with Crippen LogP contribution in [-0.2, 0) is 6.54 Å². The van der Waals surface area contributed by atoms with E-state index in [1.54, 1.807) is 11.3 Å². The molecule has 5 heteroatoms. The van der Waals surface area contributed by atoms with Crippen molar-refractivity contribution in [2.45, 2.75) is 19.5 Å². The van der Waals surface area contributed by atoms with Crippen molar-refractivity contribution < 1.29 is 0 Å². The van der Waals surface area contributed by atoms with Crippen molar-refractivity contribution in [1.29, 1.82) is 0 Å². The van der Waals surface area contributed by atoms with Crippen molar-refractivity contribution in [1.82, 2.24) is 10.3 Å². The van der Waals surface area contributed by atoms with Crippen LogP contribution in [0.5, 0.6) is 0 Å². The first-order chi connectivity index (χ1) is 6.75. The highest BCUT2D eigenvalue weighted by molar-refractivity contribution is 14.1. The van der Waals surface area contributed by atoms with Crippen LogP contribution in [0.2, 0.25) is 0 Å². The molecule has 0 bridgehead atoms. The highest BCUT2D eigenvalue weighted by Gasteiger charge is 2.23. The summed E-state index contributed by atoms with van der Waals surface area (Å²) in [6.07, 6.45) is 1.94. The van der Waals surface area contributed by atoms with Crippen LogP contribution in [0.25, 0.3) is 0 Å². The summed E-state index contributed by atoms with van der Waals surface area (Å²) in [4.78, 5) is 4.34. The molecule has 0 aromatic carbocycles. The lowest BCUT2D eigenvalue weighted by atomic mass is 10.1. The van der Waals surface area contributed by atoms with Crippen LogP contribution in [-0.4, -0.2) is 22.5 Å². The normalized spacial score (nSPS) is 27.0. The molecule has 2 rings (SSSR count). The molecule has 1 aromatic rings. The molecule has 0 aliphatic carbocycles. The van der Waals surface area contributed by atoms with Crippen molar-refractivity contribution in [2.75, 3.05) is 11.5 Å². The molecule has 14 heavy (non-hydrogen) atoms. The van der Waals surface area contributed by atoms with E-state index < -0.39 is 0 Å². The molecule has 0 amide bonds. The number of nitrogens with one attached hydrogen (secondary N) is 1. The van der Waals surface area contributed by atoms with Crippen LogP contribution < -0.4 is 5.32 Å². The molecule has 1 saturated heterocycles. The maximum atomic E-state index is 4.34. The van der Waals surface area contributed by atoms with E-state index in [1.165, 1.54) is 19.4 Å². The summed E-state index contributed by atoms with van der Waals surface area (Å²) in [6, 6.07) is 0.682. The molecule has 78 valence electrons. The third-order valence-corrected chi connectivity index (χ3v) is 5.49. The number of hydrogen-bond donors (Lipinski definition) is 1. The van der Waals surface area contributed by atoms with E-state index in [1.807, 2.05) is 18.0 Å². The first-order valence-corrected chi connectivity index (χ1v) is 7.72. The Labute approximate surface area is 106 Å². The van der Waals surface area contributed by atoms with E-state index in [9.17, 15) is 0 Å². The van der Waals surface area contributed by atoms with Gasteiger partial charge in [0.25, 0.3) is 0 Å². The topological polar surface area (TPSA) is 24.9 Å². The van der Waals surface area contributed by atoms with Gasteiger partial charge in [0, 0.05) is 18.3 Å². The van der Waals surface area contributed by atoms with Gasteiger partial charge in [-0.2, -0.15) is 11.8 Å². The zero-order chi connectivity index (χ0) is 9.97. The minimum Gasteiger partial charge on any atom is -0.307 e. The number of hydrogen-bond acceptors (Lipinski definition) is 4. The number of thioether (sulfide) groups is 1. The van der Waals surface area contributed by atoms with Gasteiger partial charge >= 0.3 is 0 Å². The van der Waals surface area contributed by atoms with E-state index in [2.05, 4.69) is 39.8 Å². The SMILES string of the molecule is CC1CSCC1NCc1ncc(I)s1. The molecule has 0 spiro atoms. The Kier molecular flexibility index (Phi) is 4.10. The van der Waals surface area contributed by atoms with Crippen LogP contribution in [0.4, 0.5) is 0 Å². The Bertz CT molecular complexity index is 303. The summed E-state index contributed by atoms with van der Waals surface area (Å²) in [7, 11) is 0. The average Bonchev–Trinajstić information content (AvgIpc) is 2.72. The molecule has 2 unspecified atom stereocenters.